The fourth-order valence-corrected chi connectivity index (χ4v) is 1.97. The SMILES string of the molecule is CCN(c1ccc(C)cc1)c1nc(C(=O)O)ccc1N. The van der Waals surface area contributed by atoms with Crippen LogP contribution in [0.4, 0.5) is 17.2 Å². The minimum absolute atomic E-state index is 0.0141. The Morgan fingerprint density at radius 2 is 1.90 bits per heavy atom. The summed E-state index contributed by atoms with van der Waals surface area (Å²) in [4.78, 5) is 17.1. The molecule has 0 fully saturated rings. The van der Waals surface area contributed by atoms with Crippen LogP contribution in [0.3, 0.4) is 0 Å². The van der Waals surface area contributed by atoms with Crippen LogP contribution in [-0.2, 0) is 0 Å². The zero-order chi connectivity index (χ0) is 14.7. The number of pyridine rings is 1. The molecule has 104 valence electrons. The second kappa shape index (κ2) is 5.61. The molecule has 1 aromatic heterocycles. The van der Waals surface area contributed by atoms with Gasteiger partial charge in [0.1, 0.15) is 0 Å². The van der Waals surface area contributed by atoms with Crippen molar-refractivity contribution in [3.05, 3.63) is 47.7 Å². The molecule has 0 aliphatic carbocycles. The lowest BCUT2D eigenvalue weighted by Gasteiger charge is -2.23. The summed E-state index contributed by atoms with van der Waals surface area (Å²) in [6.07, 6.45) is 0. The molecule has 0 aliphatic rings. The van der Waals surface area contributed by atoms with E-state index in [1.165, 1.54) is 6.07 Å². The van der Waals surface area contributed by atoms with Gasteiger partial charge in [-0.3, -0.25) is 0 Å². The lowest BCUT2D eigenvalue weighted by Crippen LogP contribution is -2.20. The van der Waals surface area contributed by atoms with Crippen LogP contribution >= 0.6 is 0 Å². The maximum atomic E-state index is 11.0. The van der Waals surface area contributed by atoms with Gasteiger partial charge in [-0.25, -0.2) is 9.78 Å². The number of benzene rings is 1. The van der Waals surface area contributed by atoms with Crippen LogP contribution in [-0.4, -0.2) is 22.6 Å². The highest BCUT2D eigenvalue weighted by molar-refractivity contribution is 5.87. The lowest BCUT2D eigenvalue weighted by atomic mass is 10.2. The summed E-state index contributed by atoms with van der Waals surface area (Å²) in [5.41, 5.74) is 8.47. The Hall–Kier alpha value is -2.56. The number of aryl methyl sites for hydroxylation is 1. The van der Waals surface area contributed by atoms with Crippen molar-refractivity contribution in [3.8, 4) is 0 Å². The van der Waals surface area contributed by atoms with Gasteiger partial charge < -0.3 is 15.7 Å². The number of carbonyl (C=O) groups is 1. The van der Waals surface area contributed by atoms with Crippen molar-refractivity contribution in [2.45, 2.75) is 13.8 Å². The Kier molecular flexibility index (Phi) is 3.89. The summed E-state index contributed by atoms with van der Waals surface area (Å²) in [5.74, 6) is -0.595. The number of carboxylic acids is 1. The Labute approximate surface area is 117 Å². The molecule has 0 unspecified atom stereocenters. The number of nitrogens with two attached hydrogens (primary N) is 1. The molecule has 0 atom stereocenters. The number of aromatic nitrogens is 1. The van der Waals surface area contributed by atoms with Gasteiger partial charge in [0.2, 0.25) is 0 Å². The van der Waals surface area contributed by atoms with Crippen molar-refractivity contribution >= 4 is 23.2 Å². The van der Waals surface area contributed by atoms with Crippen LogP contribution in [0.1, 0.15) is 23.0 Å². The van der Waals surface area contributed by atoms with Gasteiger partial charge in [-0.1, -0.05) is 17.7 Å². The first-order valence-electron chi connectivity index (χ1n) is 6.37. The van der Waals surface area contributed by atoms with Gasteiger partial charge in [0, 0.05) is 12.2 Å². The molecule has 20 heavy (non-hydrogen) atoms. The van der Waals surface area contributed by atoms with Gasteiger partial charge in [-0.05, 0) is 38.1 Å². The molecule has 3 N–H and O–H groups in total. The molecular weight excluding hydrogens is 254 g/mol. The highest BCUT2D eigenvalue weighted by atomic mass is 16.4. The molecule has 2 aromatic rings. The van der Waals surface area contributed by atoms with Crippen LogP contribution < -0.4 is 10.6 Å². The number of nitrogen functional groups attached to an aromatic ring is 1. The first kappa shape index (κ1) is 13.9. The maximum Gasteiger partial charge on any atom is 0.354 e. The number of carboxylic acid groups (broad SMARTS) is 1. The van der Waals surface area contributed by atoms with E-state index in [4.69, 9.17) is 10.8 Å². The summed E-state index contributed by atoms with van der Waals surface area (Å²) >= 11 is 0. The van der Waals surface area contributed by atoms with Gasteiger partial charge in [0.25, 0.3) is 0 Å². The minimum atomic E-state index is -1.06. The minimum Gasteiger partial charge on any atom is -0.477 e. The molecule has 0 saturated carbocycles. The summed E-state index contributed by atoms with van der Waals surface area (Å²) in [7, 11) is 0. The van der Waals surface area contributed by atoms with E-state index in [-0.39, 0.29) is 5.69 Å². The largest absolute Gasteiger partial charge is 0.477 e. The molecule has 0 bridgehead atoms. The fourth-order valence-electron chi connectivity index (χ4n) is 1.97. The number of hydrogen-bond acceptors (Lipinski definition) is 4. The van der Waals surface area contributed by atoms with Crippen molar-refractivity contribution in [3.63, 3.8) is 0 Å². The van der Waals surface area contributed by atoms with Crippen molar-refractivity contribution < 1.29 is 9.90 Å². The molecule has 0 aliphatic heterocycles. The number of rotatable bonds is 4. The van der Waals surface area contributed by atoms with Crippen molar-refractivity contribution in [1.29, 1.82) is 0 Å². The van der Waals surface area contributed by atoms with Crippen molar-refractivity contribution in [2.75, 3.05) is 17.2 Å². The zero-order valence-electron chi connectivity index (χ0n) is 11.5. The second-order valence-corrected chi connectivity index (χ2v) is 4.49. The normalized spacial score (nSPS) is 10.3. The first-order chi connectivity index (χ1) is 9.52. The van der Waals surface area contributed by atoms with E-state index in [1.807, 2.05) is 43.0 Å². The molecule has 0 spiro atoms. The predicted octanol–water partition coefficient (Wildman–Crippen LogP) is 2.83. The second-order valence-electron chi connectivity index (χ2n) is 4.49. The number of anilines is 3. The van der Waals surface area contributed by atoms with E-state index in [9.17, 15) is 4.79 Å². The molecule has 0 amide bonds. The Bertz CT molecular complexity index is 624. The van der Waals surface area contributed by atoms with Gasteiger partial charge in [0.15, 0.2) is 11.5 Å². The third-order valence-corrected chi connectivity index (χ3v) is 3.04. The smallest absolute Gasteiger partial charge is 0.354 e. The fraction of sp³-hybridized carbons (Fsp3) is 0.200. The van der Waals surface area contributed by atoms with Gasteiger partial charge in [-0.2, -0.15) is 0 Å². The molecule has 5 heteroatoms. The molecule has 2 rings (SSSR count). The van der Waals surface area contributed by atoms with Crippen LogP contribution in [0, 0.1) is 6.92 Å². The first-order valence-corrected chi connectivity index (χ1v) is 6.37. The number of aromatic carboxylic acids is 1. The Morgan fingerprint density at radius 3 is 2.45 bits per heavy atom. The van der Waals surface area contributed by atoms with E-state index >= 15 is 0 Å². The summed E-state index contributed by atoms with van der Waals surface area (Å²) < 4.78 is 0. The average molecular weight is 271 g/mol. The van der Waals surface area contributed by atoms with E-state index in [0.29, 0.717) is 18.1 Å². The van der Waals surface area contributed by atoms with E-state index < -0.39 is 5.97 Å². The standard InChI is InChI=1S/C15H17N3O2/c1-3-18(11-6-4-10(2)5-7-11)14-12(16)8-9-13(17-14)15(19)20/h4-9H,3,16H2,1-2H3,(H,19,20). The van der Waals surface area contributed by atoms with Gasteiger partial charge >= 0.3 is 5.97 Å². The number of nitrogens with zero attached hydrogens (tertiary/aromatic N) is 2. The molecule has 0 saturated heterocycles. The summed E-state index contributed by atoms with van der Waals surface area (Å²) in [5, 5.41) is 9.04. The average Bonchev–Trinajstić information content (AvgIpc) is 2.43. The third-order valence-electron chi connectivity index (χ3n) is 3.04. The van der Waals surface area contributed by atoms with Crippen LogP contribution in [0.2, 0.25) is 0 Å². The Morgan fingerprint density at radius 1 is 1.25 bits per heavy atom. The predicted molar refractivity (Wildman–Crippen MR) is 79.5 cm³/mol. The van der Waals surface area contributed by atoms with Crippen molar-refractivity contribution in [2.24, 2.45) is 0 Å². The maximum absolute atomic E-state index is 11.0. The summed E-state index contributed by atoms with van der Waals surface area (Å²) in [6, 6.07) is 10.9. The van der Waals surface area contributed by atoms with Crippen LogP contribution in [0.15, 0.2) is 36.4 Å². The van der Waals surface area contributed by atoms with E-state index in [2.05, 4.69) is 4.98 Å². The topological polar surface area (TPSA) is 79.5 Å². The van der Waals surface area contributed by atoms with Gasteiger partial charge in [0.05, 0.1) is 5.69 Å². The molecule has 5 nitrogen and oxygen atoms in total. The quantitative estimate of drug-likeness (QED) is 0.893. The van der Waals surface area contributed by atoms with E-state index in [0.717, 1.165) is 11.3 Å². The molecule has 1 aromatic carbocycles. The van der Waals surface area contributed by atoms with E-state index in [1.54, 1.807) is 6.07 Å². The highest BCUT2D eigenvalue weighted by Gasteiger charge is 2.15. The molecule has 1 heterocycles. The van der Waals surface area contributed by atoms with Gasteiger partial charge in [-0.15, -0.1) is 0 Å². The van der Waals surface area contributed by atoms with Crippen LogP contribution in [0.5, 0.6) is 0 Å². The molecular formula is C15H17N3O2. The van der Waals surface area contributed by atoms with Crippen LogP contribution in [0.25, 0.3) is 0 Å². The Balaban J connectivity index is 2.48. The monoisotopic (exact) mass is 271 g/mol. The zero-order valence-corrected chi connectivity index (χ0v) is 11.5. The molecule has 0 radical (unpaired) electrons. The summed E-state index contributed by atoms with van der Waals surface area (Å²) in [6.45, 7) is 4.62. The number of hydrogen-bond donors (Lipinski definition) is 2. The lowest BCUT2D eigenvalue weighted by molar-refractivity contribution is 0.0690. The highest BCUT2D eigenvalue weighted by Crippen LogP contribution is 2.28. The third kappa shape index (κ3) is 2.71. The van der Waals surface area contributed by atoms with Crippen molar-refractivity contribution in [1.82, 2.24) is 4.98 Å².